The summed E-state index contributed by atoms with van der Waals surface area (Å²) in [4.78, 5) is 25.4. The molecule has 1 aliphatic heterocycles. The minimum atomic E-state index is -0.759. The number of urea groups is 1. The van der Waals surface area contributed by atoms with Crippen molar-refractivity contribution in [1.82, 2.24) is 10.6 Å². The number of phenols is 1. The Kier molecular flexibility index (Phi) is 6.54. The molecule has 1 atom stereocenters. The number of anilines is 1. The Morgan fingerprint density at radius 3 is 2.58 bits per heavy atom. The Morgan fingerprint density at radius 2 is 1.90 bits per heavy atom. The van der Waals surface area contributed by atoms with Gasteiger partial charge >= 0.3 is 6.03 Å². The molecular weight excluding hydrogens is 402 g/mol. The second-order valence-electron chi connectivity index (χ2n) is 6.75. The van der Waals surface area contributed by atoms with Gasteiger partial charge < -0.3 is 35.3 Å². The maximum Gasteiger partial charge on any atom is 0.319 e. The first kappa shape index (κ1) is 21.8. The van der Waals surface area contributed by atoms with Crippen molar-refractivity contribution in [3.63, 3.8) is 0 Å². The van der Waals surface area contributed by atoms with Gasteiger partial charge in [-0.25, -0.2) is 4.79 Å². The number of ether oxygens (including phenoxy) is 3. The lowest BCUT2D eigenvalue weighted by Gasteiger charge is -2.29. The second-order valence-corrected chi connectivity index (χ2v) is 6.75. The molecular formula is C22H25N3O6. The molecule has 2 aromatic rings. The topological polar surface area (TPSA) is 118 Å². The molecule has 1 heterocycles. The Morgan fingerprint density at radius 1 is 1.13 bits per heavy atom. The average Bonchev–Trinajstić information content (AvgIpc) is 2.74. The van der Waals surface area contributed by atoms with Crippen molar-refractivity contribution in [3.05, 3.63) is 53.2 Å². The highest BCUT2D eigenvalue weighted by molar-refractivity contribution is 6.07. The van der Waals surface area contributed by atoms with Crippen molar-refractivity contribution in [2.24, 2.45) is 0 Å². The van der Waals surface area contributed by atoms with E-state index in [9.17, 15) is 14.7 Å². The Labute approximate surface area is 180 Å². The zero-order valence-electron chi connectivity index (χ0n) is 17.7. The van der Waals surface area contributed by atoms with Crippen LogP contribution in [-0.4, -0.2) is 37.9 Å². The van der Waals surface area contributed by atoms with Crippen LogP contribution in [0, 0.1) is 0 Å². The number of hydrogen-bond donors (Lipinski definition) is 4. The van der Waals surface area contributed by atoms with Crippen LogP contribution in [0.5, 0.6) is 23.0 Å². The van der Waals surface area contributed by atoms with E-state index < -0.39 is 18.0 Å². The molecule has 0 bridgehead atoms. The summed E-state index contributed by atoms with van der Waals surface area (Å²) in [5.74, 6) is 0.805. The van der Waals surface area contributed by atoms with E-state index in [2.05, 4.69) is 16.0 Å². The first-order valence-electron chi connectivity index (χ1n) is 9.65. The molecule has 3 rings (SSSR count). The van der Waals surface area contributed by atoms with Gasteiger partial charge in [-0.1, -0.05) is 6.07 Å². The van der Waals surface area contributed by atoms with E-state index in [-0.39, 0.29) is 11.5 Å². The van der Waals surface area contributed by atoms with Gasteiger partial charge in [-0.3, -0.25) is 4.79 Å². The number of carbonyl (C=O) groups excluding carboxylic acids is 2. The fourth-order valence-electron chi connectivity index (χ4n) is 3.33. The molecule has 3 amide bonds. The summed E-state index contributed by atoms with van der Waals surface area (Å²) in [6, 6.07) is 8.53. The van der Waals surface area contributed by atoms with Crippen molar-refractivity contribution in [3.8, 4) is 23.0 Å². The van der Waals surface area contributed by atoms with Crippen LogP contribution in [0.1, 0.15) is 25.5 Å². The predicted octanol–water partition coefficient (Wildman–Crippen LogP) is 3.07. The number of rotatable bonds is 7. The molecule has 9 nitrogen and oxygen atoms in total. The number of carbonyl (C=O) groups is 2. The number of aromatic hydroxyl groups is 1. The zero-order chi connectivity index (χ0) is 22.5. The summed E-state index contributed by atoms with van der Waals surface area (Å²) in [5, 5.41) is 18.2. The molecule has 0 spiro atoms. The molecule has 1 unspecified atom stereocenters. The quantitative estimate of drug-likeness (QED) is 0.539. The Bertz CT molecular complexity index is 1030. The summed E-state index contributed by atoms with van der Waals surface area (Å²) >= 11 is 0. The fraction of sp³-hybridized carbons (Fsp3) is 0.273. The number of phenolic OH excluding ortho intramolecular Hbond substituents is 1. The molecule has 9 heteroatoms. The second kappa shape index (κ2) is 9.29. The minimum absolute atomic E-state index is 0.0290. The Balaban J connectivity index is 1.99. The third kappa shape index (κ3) is 4.66. The summed E-state index contributed by atoms with van der Waals surface area (Å²) in [6.45, 7) is 3.80. The van der Waals surface area contributed by atoms with Gasteiger partial charge in [-0.2, -0.15) is 0 Å². The summed E-state index contributed by atoms with van der Waals surface area (Å²) in [7, 11) is 3.02. The van der Waals surface area contributed by atoms with E-state index in [0.29, 0.717) is 40.6 Å². The lowest BCUT2D eigenvalue weighted by Crippen LogP contribution is -2.46. The van der Waals surface area contributed by atoms with Crippen LogP contribution < -0.4 is 30.2 Å². The maximum absolute atomic E-state index is 13.3. The highest BCUT2D eigenvalue weighted by Gasteiger charge is 2.32. The van der Waals surface area contributed by atoms with E-state index in [1.165, 1.54) is 20.3 Å². The molecule has 0 radical (unpaired) electrons. The molecule has 0 fully saturated rings. The monoisotopic (exact) mass is 427 g/mol. The van der Waals surface area contributed by atoms with Gasteiger partial charge in [-0.15, -0.1) is 0 Å². The van der Waals surface area contributed by atoms with Crippen LogP contribution in [0.2, 0.25) is 0 Å². The predicted molar refractivity (Wildman–Crippen MR) is 115 cm³/mol. The normalized spacial score (nSPS) is 15.6. The van der Waals surface area contributed by atoms with Crippen LogP contribution >= 0.6 is 0 Å². The SMILES string of the molecule is CCOc1cc(C2NC(=O)NC(C)=C2C(=O)Nc2cc(OC)ccc2OC)ccc1O. The van der Waals surface area contributed by atoms with Gasteiger partial charge in [0.05, 0.1) is 38.1 Å². The van der Waals surface area contributed by atoms with Gasteiger partial charge in [0.25, 0.3) is 5.91 Å². The standard InChI is InChI=1S/C22H25N3O6/c1-5-31-18-10-13(6-8-16(18)26)20-19(12(2)23-22(28)25-20)21(27)24-15-11-14(29-3)7-9-17(15)30-4/h6-11,20,26H,5H2,1-4H3,(H,24,27)(H2,23,25,28). The third-order valence-corrected chi connectivity index (χ3v) is 4.79. The smallest absolute Gasteiger partial charge is 0.319 e. The molecule has 164 valence electrons. The number of methoxy groups -OCH3 is 2. The minimum Gasteiger partial charge on any atom is -0.504 e. The van der Waals surface area contributed by atoms with E-state index in [1.807, 2.05) is 0 Å². The zero-order valence-corrected chi connectivity index (χ0v) is 17.7. The van der Waals surface area contributed by atoms with Gasteiger partial charge in [0.2, 0.25) is 0 Å². The maximum atomic E-state index is 13.3. The number of benzene rings is 2. The summed E-state index contributed by atoms with van der Waals surface area (Å²) in [6.07, 6.45) is 0. The van der Waals surface area contributed by atoms with Crippen molar-refractivity contribution in [2.45, 2.75) is 19.9 Å². The highest BCUT2D eigenvalue weighted by Crippen LogP contribution is 2.35. The highest BCUT2D eigenvalue weighted by atomic mass is 16.5. The fourth-order valence-corrected chi connectivity index (χ4v) is 3.33. The third-order valence-electron chi connectivity index (χ3n) is 4.79. The molecule has 0 aliphatic carbocycles. The van der Waals surface area contributed by atoms with Crippen LogP contribution in [0.3, 0.4) is 0 Å². The van der Waals surface area contributed by atoms with Crippen molar-refractivity contribution in [2.75, 3.05) is 26.1 Å². The van der Waals surface area contributed by atoms with Crippen LogP contribution in [0.4, 0.5) is 10.5 Å². The summed E-state index contributed by atoms with van der Waals surface area (Å²) < 4.78 is 16.0. The van der Waals surface area contributed by atoms with E-state index in [0.717, 1.165) is 0 Å². The molecule has 0 aromatic heterocycles. The first-order chi connectivity index (χ1) is 14.9. The largest absolute Gasteiger partial charge is 0.504 e. The lowest BCUT2D eigenvalue weighted by molar-refractivity contribution is -0.113. The van der Waals surface area contributed by atoms with Gasteiger partial charge in [-0.05, 0) is 43.7 Å². The van der Waals surface area contributed by atoms with Crippen LogP contribution in [-0.2, 0) is 4.79 Å². The number of nitrogens with one attached hydrogen (secondary N) is 3. The molecule has 1 aliphatic rings. The number of allylic oxidation sites excluding steroid dienone is 1. The first-order valence-corrected chi connectivity index (χ1v) is 9.65. The lowest BCUT2D eigenvalue weighted by atomic mass is 9.94. The van der Waals surface area contributed by atoms with Crippen LogP contribution in [0.15, 0.2) is 47.7 Å². The van der Waals surface area contributed by atoms with E-state index >= 15 is 0 Å². The molecule has 4 N–H and O–H groups in total. The molecule has 31 heavy (non-hydrogen) atoms. The van der Waals surface area contributed by atoms with Crippen molar-refractivity contribution < 1.29 is 28.9 Å². The average molecular weight is 427 g/mol. The number of hydrogen-bond acceptors (Lipinski definition) is 6. The van der Waals surface area contributed by atoms with Gasteiger partial charge in [0.1, 0.15) is 11.5 Å². The van der Waals surface area contributed by atoms with E-state index in [4.69, 9.17) is 14.2 Å². The van der Waals surface area contributed by atoms with Crippen molar-refractivity contribution >= 4 is 17.6 Å². The molecule has 2 aromatic carbocycles. The van der Waals surface area contributed by atoms with E-state index in [1.54, 1.807) is 44.2 Å². The Hall–Kier alpha value is -3.88. The van der Waals surface area contributed by atoms with Crippen molar-refractivity contribution in [1.29, 1.82) is 0 Å². The van der Waals surface area contributed by atoms with Gasteiger partial charge in [0.15, 0.2) is 11.5 Å². The summed E-state index contributed by atoms with van der Waals surface area (Å²) in [5.41, 5.74) is 1.71. The molecule has 0 saturated carbocycles. The van der Waals surface area contributed by atoms with Crippen LogP contribution in [0.25, 0.3) is 0 Å². The van der Waals surface area contributed by atoms with Gasteiger partial charge in [0, 0.05) is 11.8 Å². The molecule has 0 saturated heterocycles. The number of amides is 3.